The number of carbonyl (C=O) groups excluding carboxylic acids is 1. The van der Waals surface area contributed by atoms with E-state index in [0.29, 0.717) is 17.9 Å². The normalized spacial score (nSPS) is 11.7. The van der Waals surface area contributed by atoms with Crippen molar-refractivity contribution in [2.24, 2.45) is 5.73 Å². The first-order valence-corrected chi connectivity index (χ1v) is 5.39. The fourth-order valence-electron chi connectivity index (χ4n) is 1.47. The molecule has 3 N–H and O–H groups in total. The van der Waals surface area contributed by atoms with Crippen molar-refractivity contribution in [2.45, 2.75) is 19.4 Å². The number of hydrogen-bond donors (Lipinski definition) is 2. The maximum absolute atomic E-state index is 11.1. The van der Waals surface area contributed by atoms with Crippen LogP contribution >= 0.6 is 0 Å². The van der Waals surface area contributed by atoms with E-state index >= 15 is 0 Å². The SMILES string of the molecule is CCC(Nc1cc(OC)cc(OC)c1)C(N)=O. The third-order valence-electron chi connectivity index (χ3n) is 2.44. The van der Waals surface area contributed by atoms with E-state index in [9.17, 15) is 4.79 Å². The fraction of sp³-hybridized carbons (Fsp3) is 0.417. The lowest BCUT2D eigenvalue weighted by atomic mass is 10.2. The zero-order valence-electron chi connectivity index (χ0n) is 10.3. The Morgan fingerprint density at radius 3 is 2.18 bits per heavy atom. The second kappa shape index (κ2) is 5.98. The summed E-state index contributed by atoms with van der Waals surface area (Å²) in [6.45, 7) is 1.89. The summed E-state index contributed by atoms with van der Waals surface area (Å²) < 4.78 is 10.3. The van der Waals surface area contributed by atoms with Gasteiger partial charge in [0.05, 0.1) is 14.2 Å². The first-order chi connectivity index (χ1) is 8.10. The molecule has 0 saturated heterocycles. The van der Waals surface area contributed by atoms with E-state index in [1.165, 1.54) is 0 Å². The molecule has 94 valence electrons. The van der Waals surface area contributed by atoms with Crippen molar-refractivity contribution >= 4 is 11.6 Å². The van der Waals surface area contributed by atoms with Crippen molar-refractivity contribution in [2.75, 3.05) is 19.5 Å². The van der Waals surface area contributed by atoms with Crippen LogP contribution in [0.5, 0.6) is 11.5 Å². The van der Waals surface area contributed by atoms with Gasteiger partial charge in [0.25, 0.3) is 0 Å². The molecule has 0 aliphatic heterocycles. The predicted molar refractivity (Wildman–Crippen MR) is 66.4 cm³/mol. The van der Waals surface area contributed by atoms with E-state index in [2.05, 4.69) is 5.32 Å². The molecule has 1 aromatic carbocycles. The van der Waals surface area contributed by atoms with Crippen molar-refractivity contribution in [3.63, 3.8) is 0 Å². The summed E-state index contributed by atoms with van der Waals surface area (Å²) in [7, 11) is 3.15. The topological polar surface area (TPSA) is 73.6 Å². The molecular formula is C12H18N2O3. The van der Waals surface area contributed by atoms with Crippen LogP contribution in [0.2, 0.25) is 0 Å². The molecule has 1 atom stereocenters. The monoisotopic (exact) mass is 238 g/mol. The second-order valence-corrected chi connectivity index (χ2v) is 3.61. The number of methoxy groups -OCH3 is 2. The summed E-state index contributed by atoms with van der Waals surface area (Å²) in [4.78, 5) is 11.1. The Labute approximate surface area is 101 Å². The minimum absolute atomic E-state index is 0.380. The molecule has 5 heteroatoms. The van der Waals surface area contributed by atoms with Gasteiger partial charge in [0, 0.05) is 23.9 Å². The molecule has 0 spiro atoms. The van der Waals surface area contributed by atoms with Crippen molar-refractivity contribution in [1.29, 1.82) is 0 Å². The summed E-state index contributed by atoms with van der Waals surface area (Å²) in [5.74, 6) is 0.937. The lowest BCUT2D eigenvalue weighted by molar-refractivity contribution is -0.118. The van der Waals surface area contributed by atoms with E-state index < -0.39 is 6.04 Å². The van der Waals surface area contributed by atoms with Crippen LogP contribution < -0.4 is 20.5 Å². The average Bonchev–Trinajstić information content (AvgIpc) is 2.34. The van der Waals surface area contributed by atoms with Crippen LogP contribution in [-0.4, -0.2) is 26.2 Å². The maximum Gasteiger partial charge on any atom is 0.239 e. The lowest BCUT2D eigenvalue weighted by Gasteiger charge is -2.16. The number of primary amides is 1. The molecule has 1 rings (SSSR count). The Balaban J connectivity index is 2.92. The highest BCUT2D eigenvalue weighted by Crippen LogP contribution is 2.26. The zero-order valence-corrected chi connectivity index (χ0v) is 10.3. The molecule has 1 amide bonds. The lowest BCUT2D eigenvalue weighted by Crippen LogP contribution is -2.34. The van der Waals surface area contributed by atoms with Crippen molar-refractivity contribution in [3.8, 4) is 11.5 Å². The van der Waals surface area contributed by atoms with Gasteiger partial charge in [-0.3, -0.25) is 4.79 Å². The molecule has 0 aliphatic rings. The molecule has 1 aromatic rings. The molecule has 0 aliphatic carbocycles. The molecular weight excluding hydrogens is 220 g/mol. The summed E-state index contributed by atoms with van der Waals surface area (Å²) in [6.07, 6.45) is 0.620. The largest absolute Gasteiger partial charge is 0.497 e. The van der Waals surface area contributed by atoms with Crippen LogP contribution in [-0.2, 0) is 4.79 Å². The number of hydrogen-bond acceptors (Lipinski definition) is 4. The van der Waals surface area contributed by atoms with Gasteiger partial charge >= 0.3 is 0 Å². The van der Waals surface area contributed by atoms with Gasteiger partial charge < -0.3 is 20.5 Å². The summed E-state index contributed by atoms with van der Waals surface area (Å²) in [5.41, 5.74) is 6.01. The van der Waals surface area contributed by atoms with Gasteiger partial charge in [-0.2, -0.15) is 0 Å². The highest BCUT2D eigenvalue weighted by molar-refractivity contribution is 5.83. The Morgan fingerprint density at radius 1 is 1.29 bits per heavy atom. The van der Waals surface area contributed by atoms with Crippen LogP contribution in [0.15, 0.2) is 18.2 Å². The van der Waals surface area contributed by atoms with Gasteiger partial charge in [0.1, 0.15) is 17.5 Å². The van der Waals surface area contributed by atoms with Gasteiger partial charge in [0.15, 0.2) is 0 Å². The van der Waals surface area contributed by atoms with E-state index in [1.807, 2.05) is 6.92 Å². The number of anilines is 1. The second-order valence-electron chi connectivity index (χ2n) is 3.61. The number of rotatable bonds is 6. The Morgan fingerprint density at radius 2 is 1.82 bits per heavy atom. The highest BCUT2D eigenvalue weighted by Gasteiger charge is 2.13. The minimum atomic E-state index is -0.396. The molecule has 0 fully saturated rings. The van der Waals surface area contributed by atoms with Gasteiger partial charge in [-0.25, -0.2) is 0 Å². The molecule has 0 aromatic heterocycles. The molecule has 0 bridgehead atoms. The van der Waals surface area contributed by atoms with E-state index in [0.717, 1.165) is 5.69 Å². The van der Waals surface area contributed by atoms with Crippen LogP contribution in [0.3, 0.4) is 0 Å². The Kier molecular flexibility index (Phi) is 4.63. The minimum Gasteiger partial charge on any atom is -0.497 e. The number of benzene rings is 1. The third-order valence-corrected chi connectivity index (χ3v) is 2.44. The smallest absolute Gasteiger partial charge is 0.239 e. The quantitative estimate of drug-likeness (QED) is 0.785. The number of amides is 1. The molecule has 0 radical (unpaired) electrons. The molecule has 0 saturated carbocycles. The first kappa shape index (κ1) is 13.2. The fourth-order valence-corrected chi connectivity index (χ4v) is 1.47. The third kappa shape index (κ3) is 3.55. The van der Waals surface area contributed by atoms with Crippen molar-refractivity contribution in [3.05, 3.63) is 18.2 Å². The standard InChI is InChI=1S/C12H18N2O3/c1-4-11(12(13)15)14-8-5-9(16-2)7-10(6-8)17-3/h5-7,11,14H,4H2,1-3H3,(H2,13,15). The summed E-state index contributed by atoms with van der Waals surface area (Å²) >= 11 is 0. The maximum atomic E-state index is 11.1. The van der Waals surface area contributed by atoms with Crippen LogP contribution in [0.4, 0.5) is 5.69 Å². The first-order valence-electron chi connectivity index (χ1n) is 5.39. The van der Waals surface area contributed by atoms with E-state index in [-0.39, 0.29) is 5.91 Å². The van der Waals surface area contributed by atoms with Gasteiger partial charge in [-0.1, -0.05) is 6.92 Å². The zero-order chi connectivity index (χ0) is 12.8. The van der Waals surface area contributed by atoms with Gasteiger partial charge in [0.2, 0.25) is 5.91 Å². The van der Waals surface area contributed by atoms with E-state index in [4.69, 9.17) is 15.2 Å². The number of nitrogens with one attached hydrogen (secondary N) is 1. The van der Waals surface area contributed by atoms with Gasteiger partial charge in [-0.15, -0.1) is 0 Å². The molecule has 17 heavy (non-hydrogen) atoms. The highest BCUT2D eigenvalue weighted by atomic mass is 16.5. The van der Waals surface area contributed by atoms with Crippen LogP contribution in [0, 0.1) is 0 Å². The Hall–Kier alpha value is -1.91. The molecule has 1 unspecified atom stereocenters. The number of ether oxygens (including phenoxy) is 2. The number of nitrogens with two attached hydrogens (primary N) is 1. The Bertz CT molecular complexity index is 371. The van der Waals surface area contributed by atoms with Crippen molar-refractivity contribution < 1.29 is 14.3 Å². The molecule has 5 nitrogen and oxygen atoms in total. The predicted octanol–water partition coefficient (Wildman–Crippen LogP) is 1.38. The number of carbonyl (C=O) groups is 1. The average molecular weight is 238 g/mol. The van der Waals surface area contributed by atoms with E-state index in [1.54, 1.807) is 32.4 Å². The summed E-state index contributed by atoms with van der Waals surface area (Å²) in [5, 5.41) is 3.04. The van der Waals surface area contributed by atoms with Crippen LogP contribution in [0.25, 0.3) is 0 Å². The van der Waals surface area contributed by atoms with Crippen LogP contribution in [0.1, 0.15) is 13.3 Å². The molecule has 0 heterocycles. The summed E-state index contributed by atoms with van der Waals surface area (Å²) in [6, 6.07) is 4.94. The van der Waals surface area contributed by atoms with Gasteiger partial charge in [-0.05, 0) is 6.42 Å². The van der Waals surface area contributed by atoms with Crippen molar-refractivity contribution in [1.82, 2.24) is 0 Å².